The summed E-state index contributed by atoms with van der Waals surface area (Å²) in [6.07, 6.45) is 1.98. The van der Waals surface area contributed by atoms with E-state index in [1.54, 1.807) is 0 Å². The summed E-state index contributed by atoms with van der Waals surface area (Å²) < 4.78 is 7.68. The maximum absolute atomic E-state index is 13.0. The number of likely N-dealkylation sites (tertiary alicyclic amines) is 1. The van der Waals surface area contributed by atoms with Gasteiger partial charge in [0.25, 0.3) is 5.91 Å². The van der Waals surface area contributed by atoms with Crippen LogP contribution < -0.4 is 0 Å². The van der Waals surface area contributed by atoms with Crippen molar-refractivity contribution in [3.05, 3.63) is 53.0 Å². The summed E-state index contributed by atoms with van der Waals surface area (Å²) in [7, 11) is 1.95. The summed E-state index contributed by atoms with van der Waals surface area (Å²) in [6.45, 7) is 4.84. The largest absolute Gasteiger partial charge is 0.451 e. The van der Waals surface area contributed by atoms with Crippen molar-refractivity contribution in [3.63, 3.8) is 0 Å². The molecule has 1 aromatic carbocycles. The number of carbonyl (C=O) groups is 1. The number of aromatic nitrogens is 2. The van der Waals surface area contributed by atoms with Gasteiger partial charge in [-0.25, -0.2) is 0 Å². The van der Waals surface area contributed by atoms with Gasteiger partial charge in [-0.05, 0) is 38.8 Å². The second-order valence-corrected chi connectivity index (χ2v) is 6.51. The predicted octanol–water partition coefficient (Wildman–Crippen LogP) is 3.76. The van der Waals surface area contributed by atoms with Crippen molar-refractivity contribution in [3.8, 4) is 0 Å². The fourth-order valence-corrected chi connectivity index (χ4v) is 3.81. The SMILES string of the molecule is Cc1nn(C)c(C)c1[C@@H]1CCCN1C(=O)c1cc2ccccc2o1. The fraction of sp³-hybridized carbons (Fsp3) is 0.368. The summed E-state index contributed by atoms with van der Waals surface area (Å²) in [5, 5.41) is 5.48. The van der Waals surface area contributed by atoms with E-state index in [-0.39, 0.29) is 11.9 Å². The van der Waals surface area contributed by atoms with Gasteiger partial charge in [-0.1, -0.05) is 18.2 Å². The first-order valence-electron chi connectivity index (χ1n) is 8.36. The van der Waals surface area contributed by atoms with Crippen molar-refractivity contribution in [1.29, 1.82) is 0 Å². The quantitative estimate of drug-likeness (QED) is 0.721. The molecule has 5 heteroatoms. The van der Waals surface area contributed by atoms with Crippen molar-refractivity contribution < 1.29 is 9.21 Å². The van der Waals surface area contributed by atoms with E-state index < -0.39 is 0 Å². The molecule has 4 rings (SSSR count). The monoisotopic (exact) mass is 323 g/mol. The highest BCUT2D eigenvalue weighted by Gasteiger charge is 2.35. The average molecular weight is 323 g/mol. The normalized spacial score (nSPS) is 17.8. The molecule has 0 unspecified atom stereocenters. The number of amides is 1. The van der Waals surface area contributed by atoms with E-state index in [9.17, 15) is 4.79 Å². The molecule has 5 nitrogen and oxygen atoms in total. The molecule has 124 valence electrons. The van der Waals surface area contributed by atoms with Crippen LogP contribution in [0.15, 0.2) is 34.7 Å². The van der Waals surface area contributed by atoms with Crippen LogP contribution in [-0.2, 0) is 7.05 Å². The fourth-order valence-electron chi connectivity index (χ4n) is 3.81. The molecule has 1 aliphatic rings. The van der Waals surface area contributed by atoms with E-state index in [2.05, 4.69) is 12.0 Å². The standard InChI is InChI=1S/C19H21N3O2/c1-12-18(13(2)21(3)20-12)15-8-6-10-22(15)19(23)17-11-14-7-4-5-9-16(14)24-17/h4-5,7,9,11,15H,6,8,10H2,1-3H3/t15-/m0/s1. The van der Waals surface area contributed by atoms with Gasteiger partial charge in [0.2, 0.25) is 0 Å². The van der Waals surface area contributed by atoms with E-state index in [1.165, 1.54) is 5.56 Å². The maximum atomic E-state index is 13.0. The van der Waals surface area contributed by atoms with E-state index in [4.69, 9.17) is 4.42 Å². The number of carbonyl (C=O) groups excluding carboxylic acids is 1. The molecule has 24 heavy (non-hydrogen) atoms. The van der Waals surface area contributed by atoms with E-state index in [1.807, 2.05) is 53.9 Å². The summed E-state index contributed by atoms with van der Waals surface area (Å²) in [4.78, 5) is 15.0. The van der Waals surface area contributed by atoms with Gasteiger partial charge in [0.1, 0.15) is 5.58 Å². The molecule has 0 aliphatic carbocycles. The summed E-state index contributed by atoms with van der Waals surface area (Å²) in [5.74, 6) is 0.388. The molecule has 1 aliphatic heterocycles. The first-order chi connectivity index (χ1) is 11.6. The number of rotatable bonds is 2. The number of furan rings is 1. The Kier molecular flexibility index (Phi) is 3.44. The van der Waals surface area contributed by atoms with Gasteiger partial charge >= 0.3 is 0 Å². The third-order valence-electron chi connectivity index (χ3n) is 5.05. The molecule has 1 saturated heterocycles. The minimum Gasteiger partial charge on any atom is -0.451 e. The van der Waals surface area contributed by atoms with Crippen molar-refractivity contribution >= 4 is 16.9 Å². The molecule has 1 fully saturated rings. The molecule has 1 amide bonds. The molecule has 0 radical (unpaired) electrons. The van der Waals surface area contributed by atoms with Crippen LogP contribution in [0.4, 0.5) is 0 Å². The smallest absolute Gasteiger partial charge is 0.290 e. The summed E-state index contributed by atoms with van der Waals surface area (Å²) >= 11 is 0. The number of hydrogen-bond donors (Lipinski definition) is 0. The third kappa shape index (κ3) is 2.23. The van der Waals surface area contributed by atoms with Crippen LogP contribution in [0.2, 0.25) is 0 Å². The van der Waals surface area contributed by atoms with Crippen LogP contribution in [-0.4, -0.2) is 27.1 Å². The van der Waals surface area contributed by atoms with Crippen LogP contribution in [0, 0.1) is 13.8 Å². The van der Waals surface area contributed by atoms with Crippen LogP contribution >= 0.6 is 0 Å². The van der Waals surface area contributed by atoms with Crippen molar-refractivity contribution in [2.75, 3.05) is 6.54 Å². The highest BCUT2D eigenvalue weighted by atomic mass is 16.3. The second kappa shape index (κ2) is 5.51. The molecule has 0 saturated carbocycles. The van der Waals surface area contributed by atoms with Gasteiger partial charge in [-0.2, -0.15) is 5.10 Å². The number of aryl methyl sites for hydroxylation is 2. The van der Waals surface area contributed by atoms with Gasteiger partial charge in [0.15, 0.2) is 5.76 Å². The van der Waals surface area contributed by atoms with Gasteiger partial charge in [0.05, 0.1) is 11.7 Å². The number of nitrogens with zero attached hydrogens (tertiary/aromatic N) is 3. The number of hydrogen-bond acceptors (Lipinski definition) is 3. The first-order valence-corrected chi connectivity index (χ1v) is 8.36. The van der Waals surface area contributed by atoms with Gasteiger partial charge in [-0.15, -0.1) is 0 Å². The first kappa shape index (κ1) is 15.0. The van der Waals surface area contributed by atoms with Gasteiger partial charge in [0, 0.05) is 30.2 Å². The highest BCUT2D eigenvalue weighted by Crippen LogP contribution is 2.36. The summed E-state index contributed by atoms with van der Waals surface area (Å²) in [6, 6.07) is 9.65. The zero-order valence-electron chi connectivity index (χ0n) is 14.2. The molecule has 0 spiro atoms. The minimum atomic E-state index is -0.0312. The Balaban J connectivity index is 1.70. The van der Waals surface area contributed by atoms with E-state index in [0.29, 0.717) is 5.76 Å². The Hall–Kier alpha value is -2.56. The number of benzene rings is 1. The van der Waals surface area contributed by atoms with Crippen LogP contribution in [0.3, 0.4) is 0 Å². The molecular formula is C19H21N3O2. The minimum absolute atomic E-state index is 0.0312. The summed E-state index contributed by atoms with van der Waals surface area (Å²) in [5.41, 5.74) is 4.07. The predicted molar refractivity (Wildman–Crippen MR) is 91.9 cm³/mol. The number of fused-ring (bicyclic) bond motifs is 1. The molecule has 0 bridgehead atoms. The molecule has 1 atom stereocenters. The average Bonchev–Trinajstić information content (AvgIpc) is 3.25. The lowest BCUT2D eigenvalue weighted by Crippen LogP contribution is -2.30. The van der Waals surface area contributed by atoms with Crippen LogP contribution in [0.1, 0.15) is 46.4 Å². The molecule has 2 aromatic heterocycles. The van der Waals surface area contributed by atoms with Crippen molar-refractivity contribution in [1.82, 2.24) is 14.7 Å². The third-order valence-corrected chi connectivity index (χ3v) is 5.05. The van der Waals surface area contributed by atoms with Crippen LogP contribution in [0.25, 0.3) is 11.0 Å². The Morgan fingerprint density at radius 1 is 1.29 bits per heavy atom. The van der Waals surface area contributed by atoms with Crippen LogP contribution in [0.5, 0.6) is 0 Å². The van der Waals surface area contributed by atoms with E-state index >= 15 is 0 Å². The Morgan fingerprint density at radius 2 is 2.08 bits per heavy atom. The molecular weight excluding hydrogens is 302 g/mol. The molecule has 3 heterocycles. The zero-order chi connectivity index (χ0) is 16.8. The Morgan fingerprint density at radius 3 is 2.79 bits per heavy atom. The lowest BCUT2D eigenvalue weighted by Gasteiger charge is -2.24. The molecule has 3 aromatic rings. The van der Waals surface area contributed by atoms with Gasteiger partial charge < -0.3 is 9.32 Å². The Bertz CT molecular complexity index is 889. The highest BCUT2D eigenvalue weighted by molar-refractivity contribution is 5.96. The lowest BCUT2D eigenvalue weighted by atomic mass is 10.0. The van der Waals surface area contributed by atoms with Crippen molar-refractivity contribution in [2.24, 2.45) is 7.05 Å². The second-order valence-electron chi connectivity index (χ2n) is 6.51. The molecule has 0 N–H and O–H groups in total. The topological polar surface area (TPSA) is 51.3 Å². The van der Waals surface area contributed by atoms with E-state index in [0.717, 1.165) is 41.7 Å². The maximum Gasteiger partial charge on any atom is 0.290 e. The lowest BCUT2D eigenvalue weighted by molar-refractivity contribution is 0.0705. The number of para-hydroxylation sites is 1. The van der Waals surface area contributed by atoms with Crippen molar-refractivity contribution in [2.45, 2.75) is 32.7 Å². The zero-order valence-corrected chi connectivity index (χ0v) is 14.2. The van der Waals surface area contributed by atoms with Gasteiger partial charge in [-0.3, -0.25) is 9.48 Å². The Labute approximate surface area is 140 Å².